The Labute approximate surface area is 149 Å². The number of halogens is 3. The van der Waals surface area contributed by atoms with E-state index in [1.165, 1.54) is 0 Å². The third-order valence-electron chi connectivity index (χ3n) is 3.57. The van der Waals surface area contributed by atoms with Crippen molar-refractivity contribution in [2.24, 2.45) is 5.73 Å². The van der Waals surface area contributed by atoms with Crippen LogP contribution in [0.3, 0.4) is 0 Å². The van der Waals surface area contributed by atoms with Crippen LogP contribution in [0, 0.1) is 0 Å². The minimum Gasteiger partial charge on any atom is -0.489 e. The minimum atomic E-state index is -4.56. The second kappa shape index (κ2) is 9.24. The van der Waals surface area contributed by atoms with E-state index >= 15 is 0 Å². The molecule has 0 aliphatic heterocycles. The number of carbonyl (C=O) groups excluding carboxylic acids is 1. The number of hydrogen-bond acceptors (Lipinski definition) is 4. The van der Waals surface area contributed by atoms with Gasteiger partial charge in [-0.3, -0.25) is 4.79 Å². The zero-order chi connectivity index (χ0) is 19.0. The maximum Gasteiger partial charge on any atom is 0.422 e. The van der Waals surface area contributed by atoms with Crippen molar-refractivity contribution >= 4 is 5.97 Å². The van der Waals surface area contributed by atoms with Gasteiger partial charge in [0.2, 0.25) is 0 Å². The van der Waals surface area contributed by atoms with Gasteiger partial charge in [-0.15, -0.1) is 0 Å². The number of hydrogen-bond donors (Lipinski definition) is 1. The van der Waals surface area contributed by atoms with Crippen LogP contribution < -0.4 is 10.5 Å². The van der Waals surface area contributed by atoms with Crippen molar-refractivity contribution in [3.63, 3.8) is 0 Å². The van der Waals surface area contributed by atoms with Crippen molar-refractivity contribution in [3.05, 3.63) is 65.7 Å². The van der Waals surface area contributed by atoms with Crippen molar-refractivity contribution in [3.8, 4) is 5.75 Å². The molecule has 7 heteroatoms. The second-order valence-corrected chi connectivity index (χ2v) is 5.79. The average molecular weight is 367 g/mol. The van der Waals surface area contributed by atoms with Crippen LogP contribution in [0.2, 0.25) is 0 Å². The normalized spacial score (nSPS) is 12.5. The van der Waals surface area contributed by atoms with Gasteiger partial charge in [0, 0.05) is 0 Å². The fourth-order valence-electron chi connectivity index (χ4n) is 2.23. The van der Waals surface area contributed by atoms with Gasteiger partial charge in [-0.1, -0.05) is 42.5 Å². The van der Waals surface area contributed by atoms with E-state index in [1.807, 2.05) is 54.6 Å². The summed E-state index contributed by atoms with van der Waals surface area (Å²) in [4.78, 5) is 11.5. The van der Waals surface area contributed by atoms with E-state index in [1.54, 1.807) is 0 Å². The van der Waals surface area contributed by atoms with Gasteiger partial charge in [0.15, 0.2) is 6.61 Å². The van der Waals surface area contributed by atoms with E-state index in [0.29, 0.717) is 18.8 Å². The highest BCUT2D eigenvalue weighted by Crippen LogP contribution is 2.18. The first-order chi connectivity index (χ1) is 12.3. The van der Waals surface area contributed by atoms with Crippen molar-refractivity contribution < 1.29 is 27.4 Å². The highest BCUT2D eigenvalue weighted by atomic mass is 19.4. The Morgan fingerprint density at radius 1 is 1.04 bits per heavy atom. The molecule has 2 N–H and O–H groups in total. The maximum absolute atomic E-state index is 12.0. The Balaban J connectivity index is 1.81. The summed E-state index contributed by atoms with van der Waals surface area (Å²) in [5.74, 6) is -0.390. The number of esters is 1. The molecule has 0 fully saturated rings. The summed E-state index contributed by atoms with van der Waals surface area (Å²) in [6.07, 6.45) is -3.95. The van der Waals surface area contributed by atoms with Gasteiger partial charge >= 0.3 is 12.1 Å². The predicted octanol–water partition coefficient (Wildman–Crippen LogP) is 3.63. The molecule has 0 aliphatic carbocycles. The fraction of sp³-hybridized carbons (Fsp3) is 0.316. The first-order valence-corrected chi connectivity index (χ1v) is 8.08. The predicted molar refractivity (Wildman–Crippen MR) is 90.5 cm³/mol. The Kier molecular flexibility index (Phi) is 7.03. The van der Waals surface area contributed by atoms with Crippen LogP contribution >= 0.6 is 0 Å². The first kappa shape index (κ1) is 19.8. The van der Waals surface area contributed by atoms with E-state index < -0.39 is 24.8 Å². The molecule has 0 heterocycles. The fourth-order valence-corrected chi connectivity index (χ4v) is 2.23. The van der Waals surface area contributed by atoms with E-state index in [0.717, 1.165) is 11.1 Å². The first-order valence-electron chi connectivity index (χ1n) is 8.08. The SMILES string of the molecule is N[C@@H](CCc1cccc(OCc2ccccc2)c1)C(=O)OCC(F)(F)F. The van der Waals surface area contributed by atoms with Crippen LogP contribution in [0.5, 0.6) is 5.75 Å². The molecule has 0 bridgehead atoms. The zero-order valence-electron chi connectivity index (χ0n) is 14.0. The molecule has 26 heavy (non-hydrogen) atoms. The molecule has 0 saturated heterocycles. The molecule has 2 aromatic rings. The van der Waals surface area contributed by atoms with Crippen molar-refractivity contribution in [2.45, 2.75) is 31.7 Å². The third kappa shape index (κ3) is 7.14. The summed E-state index contributed by atoms with van der Waals surface area (Å²) in [7, 11) is 0. The maximum atomic E-state index is 12.0. The molecule has 0 amide bonds. The van der Waals surface area contributed by atoms with Crippen molar-refractivity contribution in [1.29, 1.82) is 0 Å². The van der Waals surface area contributed by atoms with E-state index in [-0.39, 0.29) is 6.42 Å². The number of rotatable bonds is 8. The molecule has 0 unspecified atom stereocenters. The van der Waals surface area contributed by atoms with Gasteiger partial charge in [0.05, 0.1) is 0 Å². The van der Waals surface area contributed by atoms with Gasteiger partial charge in [-0.25, -0.2) is 0 Å². The largest absolute Gasteiger partial charge is 0.489 e. The molecule has 0 spiro atoms. The van der Waals surface area contributed by atoms with Crippen LogP contribution in [-0.4, -0.2) is 24.8 Å². The minimum absolute atomic E-state index is 0.179. The molecule has 4 nitrogen and oxygen atoms in total. The number of nitrogens with two attached hydrogens (primary N) is 1. The van der Waals surface area contributed by atoms with Gasteiger partial charge in [-0.2, -0.15) is 13.2 Å². The Morgan fingerprint density at radius 3 is 2.42 bits per heavy atom. The molecule has 2 rings (SSSR count). The van der Waals surface area contributed by atoms with Crippen LogP contribution in [0.25, 0.3) is 0 Å². The lowest BCUT2D eigenvalue weighted by Crippen LogP contribution is -2.35. The quantitative estimate of drug-likeness (QED) is 0.724. The molecule has 0 saturated carbocycles. The highest BCUT2D eigenvalue weighted by molar-refractivity contribution is 5.75. The van der Waals surface area contributed by atoms with E-state index in [2.05, 4.69) is 4.74 Å². The summed E-state index contributed by atoms with van der Waals surface area (Å²) in [6.45, 7) is -1.20. The lowest BCUT2D eigenvalue weighted by Gasteiger charge is -2.13. The summed E-state index contributed by atoms with van der Waals surface area (Å²) < 4.78 is 46.0. The van der Waals surface area contributed by atoms with Gasteiger partial charge in [0.25, 0.3) is 0 Å². The van der Waals surface area contributed by atoms with E-state index in [9.17, 15) is 18.0 Å². The van der Waals surface area contributed by atoms with Gasteiger partial charge in [0.1, 0.15) is 18.4 Å². The number of aryl methyl sites for hydroxylation is 1. The summed E-state index contributed by atoms with van der Waals surface area (Å²) in [5.41, 5.74) is 7.50. The Hall–Kier alpha value is -2.54. The molecular weight excluding hydrogens is 347 g/mol. The van der Waals surface area contributed by atoms with Crippen LogP contribution in [0.1, 0.15) is 17.5 Å². The van der Waals surface area contributed by atoms with Crippen LogP contribution in [-0.2, 0) is 22.6 Å². The Morgan fingerprint density at radius 2 is 1.73 bits per heavy atom. The topological polar surface area (TPSA) is 61.5 Å². The van der Waals surface area contributed by atoms with Gasteiger partial charge < -0.3 is 15.2 Å². The number of alkyl halides is 3. The zero-order valence-corrected chi connectivity index (χ0v) is 14.0. The van der Waals surface area contributed by atoms with Crippen molar-refractivity contribution in [1.82, 2.24) is 0 Å². The van der Waals surface area contributed by atoms with Crippen molar-refractivity contribution in [2.75, 3.05) is 6.61 Å². The molecule has 0 radical (unpaired) electrons. The number of benzene rings is 2. The smallest absolute Gasteiger partial charge is 0.422 e. The van der Waals surface area contributed by atoms with Crippen LogP contribution in [0.15, 0.2) is 54.6 Å². The lowest BCUT2D eigenvalue weighted by atomic mass is 10.1. The second-order valence-electron chi connectivity index (χ2n) is 5.79. The standard InChI is InChI=1S/C19H20F3NO3/c20-19(21,22)13-26-18(24)17(23)10-9-14-7-4-8-16(11-14)25-12-15-5-2-1-3-6-15/h1-8,11,17H,9-10,12-13,23H2/t17-/m0/s1. The van der Waals surface area contributed by atoms with E-state index in [4.69, 9.17) is 10.5 Å². The monoisotopic (exact) mass is 367 g/mol. The van der Waals surface area contributed by atoms with Crippen LogP contribution in [0.4, 0.5) is 13.2 Å². The lowest BCUT2D eigenvalue weighted by molar-refractivity contribution is -0.187. The summed E-state index contributed by atoms with van der Waals surface area (Å²) in [5, 5.41) is 0. The molecular formula is C19H20F3NO3. The summed E-state index contributed by atoms with van der Waals surface area (Å²) >= 11 is 0. The third-order valence-corrected chi connectivity index (χ3v) is 3.57. The number of ether oxygens (including phenoxy) is 2. The highest BCUT2D eigenvalue weighted by Gasteiger charge is 2.30. The molecule has 1 atom stereocenters. The molecule has 0 aliphatic rings. The molecule has 0 aromatic heterocycles. The molecule has 140 valence electrons. The van der Waals surface area contributed by atoms with Gasteiger partial charge in [-0.05, 0) is 36.1 Å². The summed E-state index contributed by atoms with van der Waals surface area (Å²) in [6, 6.07) is 15.8. The number of carbonyl (C=O) groups is 1. The molecule has 2 aromatic carbocycles. The average Bonchev–Trinajstić information content (AvgIpc) is 2.63. The Bertz CT molecular complexity index is 705.